The predicted molar refractivity (Wildman–Crippen MR) is 97.8 cm³/mol. The quantitative estimate of drug-likeness (QED) is 0.387. The molecule has 9 nitrogen and oxygen atoms in total. The lowest BCUT2D eigenvalue weighted by Crippen LogP contribution is -2.44. The Morgan fingerprint density at radius 2 is 2.26 bits per heavy atom. The highest BCUT2D eigenvalue weighted by molar-refractivity contribution is 7.98. The van der Waals surface area contributed by atoms with E-state index < -0.39 is 34.9 Å². The molecule has 1 fully saturated rings. The van der Waals surface area contributed by atoms with Crippen LogP contribution in [-0.2, 0) is 19.1 Å². The lowest BCUT2D eigenvalue weighted by atomic mass is 10.1. The minimum absolute atomic E-state index is 0.00973. The molecule has 146 valence electrons. The number of esters is 2. The van der Waals surface area contributed by atoms with Gasteiger partial charge in [0.2, 0.25) is 6.10 Å². The average Bonchev–Trinajstić information content (AvgIpc) is 3.02. The van der Waals surface area contributed by atoms with Gasteiger partial charge in [-0.1, -0.05) is 11.6 Å². The van der Waals surface area contributed by atoms with Gasteiger partial charge in [-0.25, -0.2) is 9.59 Å². The highest BCUT2D eigenvalue weighted by Gasteiger charge is 2.33. The summed E-state index contributed by atoms with van der Waals surface area (Å²) in [6.45, 7) is 0.178. The normalized spacial score (nSPS) is 17.1. The summed E-state index contributed by atoms with van der Waals surface area (Å²) in [5.74, 6) is -1.48. The van der Waals surface area contributed by atoms with Crippen LogP contribution >= 0.6 is 23.4 Å². The van der Waals surface area contributed by atoms with E-state index >= 15 is 0 Å². The lowest BCUT2D eigenvalue weighted by Gasteiger charge is -2.19. The first-order valence-electron chi connectivity index (χ1n) is 7.94. The molecule has 1 aromatic rings. The van der Waals surface area contributed by atoms with Gasteiger partial charge >= 0.3 is 11.9 Å². The number of nitro benzene ring substituents is 1. The Bertz CT molecular complexity index is 758. The monoisotopic (exact) mass is 416 g/mol. The van der Waals surface area contributed by atoms with Crippen LogP contribution in [0.3, 0.4) is 0 Å². The minimum Gasteiger partial charge on any atom is -0.463 e. The smallest absolute Gasteiger partial charge is 0.347 e. The van der Waals surface area contributed by atoms with Crippen LogP contribution in [0.25, 0.3) is 0 Å². The number of halogens is 1. The van der Waals surface area contributed by atoms with E-state index in [4.69, 9.17) is 21.1 Å². The number of rotatable bonds is 8. The molecular formula is C16H17ClN2O7S. The van der Waals surface area contributed by atoms with E-state index in [1.807, 2.05) is 6.26 Å². The molecule has 1 saturated heterocycles. The standard InChI is InChI=1S/C16H17ClN2O7S/c1-27-7-5-12(15(21)26-13-4-6-25-16(13)22)18-14(20)10-3-2-9(19(23)24)8-11(10)17/h2-3,8,12-13H,4-7H2,1H3,(H,18,20)/t12-,13-/m0/s1. The molecule has 0 aliphatic carbocycles. The molecule has 11 heteroatoms. The second-order valence-electron chi connectivity index (χ2n) is 5.61. The largest absolute Gasteiger partial charge is 0.463 e. The van der Waals surface area contributed by atoms with Crippen molar-refractivity contribution in [3.8, 4) is 0 Å². The zero-order chi connectivity index (χ0) is 20.0. The fourth-order valence-electron chi connectivity index (χ4n) is 2.33. The van der Waals surface area contributed by atoms with Crippen LogP contribution < -0.4 is 5.32 Å². The SMILES string of the molecule is CSCC[C@H](NC(=O)c1ccc([N+](=O)[O-])cc1Cl)C(=O)O[C@H]1CCOC1=O. The van der Waals surface area contributed by atoms with E-state index in [2.05, 4.69) is 5.32 Å². The van der Waals surface area contributed by atoms with Gasteiger partial charge in [-0.3, -0.25) is 14.9 Å². The van der Waals surface area contributed by atoms with Gasteiger partial charge in [-0.2, -0.15) is 11.8 Å². The number of nitrogens with zero attached hydrogens (tertiary/aromatic N) is 1. The van der Waals surface area contributed by atoms with E-state index in [1.54, 1.807) is 0 Å². The number of hydrogen-bond acceptors (Lipinski definition) is 8. The fourth-order valence-corrected chi connectivity index (χ4v) is 3.06. The fraction of sp³-hybridized carbons (Fsp3) is 0.438. The molecule has 0 bridgehead atoms. The number of nitro groups is 1. The number of cyclic esters (lactones) is 1. The zero-order valence-electron chi connectivity index (χ0n) is 14.3. The summed E-state index contributed by atoms with van der Waals surface area (Å²) in [5.41, 5.74) is -0.265. The molecule has 1 heterocycles. The van der Waals surface area contributed by atoms with Gasteiger partial charge in [0.1, 0.15) is 6.04 Å². The van der Waals surface area contributed by atoms with Crippen molar-refractivity contribution >= 4 is 46.9 Å². The van der Waals surface area contributed by atoms with Crippen LogP contribution in [0, 0.1) is 10.1 Å². The topological polar surface area (TPSA) is 125 Å². The Morgan fingerprint density at radius 3 is 2.81 bits per heavy atom. The van der Waals surface area contributed by atoms with Crippen LogP contribution in [0.1, 0.15) is 23.2 Å². The summed E-state index contributed by atoms with van der Waals surface area (Å²) in [6.07, 6.45) is 1.40. The molecule has 1 aliphatic heterocycles. The maximum Gasteiger partial charge on any atom is 0.347 e. The summed E-state index contributed by atoms with van der Waals surface area (Å²) in [5, 5.41) is 13.2. The van der Waals surface area contributed by atoms with Crippen molar-refractivity contribution in [2.45, 2.75) is 25.0 Å². The maximum absolute atomic E-state index is 12.5. The molecule has 0 aromatic heterocycles. The van der Waals surface area contributed by atoms with Crippen molar-refractivity contribution in [3.05, 3.63) is 38.9 Å². The Kier molecular flexibility index (Phi) is 7.43. The molecular weight excluding hydrogens is 400 g/mol. The van der Waals surface area contributed by atoms with Gasteiger partial charge in [0.25, 0.3) is 11.6 Å². The highest BCUT2D eigenvalue weighted by Crippen LogP contribution is 2.23. The number of non-ortho nitro benzene ring substituents is 1. The molecule has 0 unspecified atom stereocenters. The van der Waals surface area contributed by atoms with Crippen LogP contribution in [0.2, 0.25) is 5.02 Å². The summed E-state index contributed by atoms with van der Waals surface area (Å²) in [4.78, 5) is 46.4. The second-order valence-corrected chi connectivity index (χ2v) is 7.00. The van der Waals surface area contributed by atoms with Gasteiger partial charge in [-0.15, -0.1) is 0 Å². The number of amides is 1. The number of carbonyl (C=O) groups excluding carboxylic acids is 3. The van der Waals surface area contributed by atoms with E-state index in [9.17, 15) is 24.5 Å². The molecule has 27 heavy (non-hydrogen) atoms. The Balaban J connectivity index is 2.10. The minimum atomic E-state index is -0.996. The van der Waals surface area contributed by atoms with E-state index in [1.165, 1.54) is 17.8 Å². The summed E-state index contributed by atoms with van der Waals surface area (Å²) >= 11 is 7.42. The van der Waals surface area contributed by atoms with E-state index in [0.29, 0.717) is 5.75 Å². The van der Waals surface area contributed by atoms with Crippen molar-refractivity contribution in [1.29, 1.82) is 0 Å². The number of ether oxygens (including phenoxy) is 2. The molecule has 1 amide bonds. The van der Waals surface area contributed by atoms with E-state index in [0.717, 1.165) is 12.1 Å². The first kappa shape index (κ1) is 21.0. The third-order valence-corrected chi connectivity index (χ3v) is 4.71. The van der Waals surface area contributed by atoms with Gasteiger partial charge in [-0.05, 0) is 24.5 Å². The number of nitrogens with one attached hydrogen (secondary N) is 1. The Hall–Kier alpha value is -2.33. The second kappa shape index (κ2) is 9.56. The van der Waals surface area contributed by atoms with Crippen molar-refractivity contribution in [2.75, 3.05) is 18.6 Å². The third-order valence-electron chi connectivity index (χ3n) is 3.75. The number of carbonyl (C=O) groups is 3. The highest BCUT2D eigenvalue weighted by atomic mass is 35.5. The van der Waals surface area contributed by atoms with Crippen LogP contribution in [0.15, 0.2) is 18.2 Å². The molecule has 0 saturated carbocycles. The molecule has 0 spiro atoms. The number of hydrogen-bond donors (Lipinski definition) is 1. The van der Waals surface area contributed by atoms with Crippen LogP contribution in [0.5, 0.6) is 0 Å². The number of thioether (sulfide) groups is 1. The summed E-state index contributed by atoms with van der Waals surface area (Å²) in [6, 6.07) is 2.41. The van der Waals surface area contributed by atoms with Crippen molar-refractivity contribution in [1.82, 2.24) is 5.32 Å². The van der Waals surface area contributed by atoms with Gasteiger partial charge in [0, 0.05) is 18.6 Å². The first-order chi connectivity index (χ1) is 12.8. The van der Waals surface area contributed by atoms with Gasteiger partial charge < -0.3 is 14.8 Å². The summed E-state index contributed by atoms with van der Waals surface area (Å²) < 4.78 is 9.88. The molecule has 1 aliphatic rings. The molecule has 2 rings (SSSR count). The molecule has 2 atom stereocenters. The molecule has 1 N–H and O–H groups in total. The van der Waals surface area contributed by atoms with Crippen molar-refractivity contribution in [3.63, 3.8) is 0 Å². The van der Waals surface area contributed by atoms with Crippen molar-refractivity contribution < 1.29 is 28.8 Å². The predicted octanol–water partition coefficient (Wildman–Crippen LogP) is 1.96. The lowest BCUT2D eigenvalue weighted by molar-refractivity contribution is -0.384. The third kappa shape index (κ3) is 5.57. The zero-order valence-corrected chi connectivity index (χ0v) is 15.9. The van der Waals surface area contributed by atoms with E-state index in [-0.39, 0.29) is 35.7 Å². The van der Waals surface area contributed by atoms with Crippen molar-refractivity contribution in [2.24, 2.45) is 0 Å². The number of benzene rings is 1. The van der Waals surface area contributed by atoms with Crippen LogP contribution in [0.4, 0.5) is 5.69 Å². The molecule has 1 aromatic carbocycles. The van der Waals surface area contributed by atoms with Gasteiger partial charge in [0.05, 0.1) is 22.1 Å². The van der Waals surface area contributed by atoms with Gasteiger partial charge in [0.15, 0.2) is 0 Å². The Morgan fingerprint density at radius 1 is 1.52 bits per heavy atom. The summed E-state index contributed by atoms with van der Waals surface area (Å²) in [7, 11) is 0. The van der Waals surface area contributed by atoms with Crippen LogP contribution in [-0.4, -0.2) is 53.5 Å². The maximum atomic E-state index is 12.5. The molecule has 0 radical (unpaired) electrons. The average molecular weight is 417 g/mol. The first-order valence-corrected chi connectivity index (χ1v) is 9.71. The Labute approximate surface area is 163 Å².